The van der Waals surface area contributed by atoms with Gasteiger partial charge in [-0.05, 0) is 31.0 Å². The maximum atomic E-state index is 13.3. The van der Waals surface area contributed by atoms with Crippen LogP contribution >= 0.6 is 0 Å². The molecule has 0 bridgehead atoms. The molecule has 1 saturated carbocycles. The first-order valence-corrected chi connectivity index (χ1v) is 4.90. The summed E-state index contributed by atoms with van der Waals surface area (Å²) in [5, 5.41) is 2.55. The van der Waals surface area contributed by atoms with E-state index in [0.717, 1.165) is 5.56 Å². The molecule has 4 heteroatoms. The van der Waals surface area contributed by atoms with Crippen LogP contribution in [-0.4, -0.2) is 11.9 Å². The smallest absolute Gasteiger partial charge is 0.229 e. The van der Waals surface area contributed by atoms with E-state index in [1.165, 1.54) is 6.07 Å². The number of hydrogen-bond acceptors (Lipinski definition) is 2. The standard InChI is InChI=1S/C11H13FN2O/c1-6-2-3-8(12)10(4-6)14-11(15)7-5-9(7)13/h2-4,7,9H,5,13H2,1H3,(H,14,15). The van der Waals surface area contributed by atoms with E-state index in [0.29, 0.717) is 6.42 Å². The zero-order valence-corrected chi connectivity index (χ0v) is 8.46. The third-order valence-electron chi connectivity index (χ3n) is 2.56. The minimum absolute atomic E-state index is 0.0575. The lowest BCUT2D eigenvalue weighted by Crippen LogP contribution is -2.19. The first-order valence-electron chi connectivity index (χ1n) is 4.90. The Morgan fingerprint density at radius 2 is 2.27 bits per heavy atom. The zero-order chi connectivity index (χ0) is 11.0. The van der Waals surface area contributed by atoms with E-state index in [2.05, 4.69) is 5.32 Å². The van der Waals surface area contributed by atoms with Crippen LogP contribution in [0.25, 0.3) is 0 Å². The summed E-state index contributed by atoms with van der Waals surface area (Å²) in [6.45, 7) is 1.85. The van der Waals surface area contributed by atoms with Crippen molar-refractivity contribution in [3.05, 3.63) is 29.6 Å². The first kappa shape index (κ1) is 10.1. The number of nitrogens with two attached hydrogens (primary N) is 1. The van der Waals surface area contributed by atoms with E-state index in [1.807, 2.05) is 6.92 Å². The van der Waals surface area contributed by atoms with Crippen LogP contribution in [0.2, 0.25) is 0 Å². The molecule has 0 heterocycles. The topological polar surface area (TPSA) is 55.1 Å². The number of hydrogen-bond donors (Lipinski definition) is 2. The summed E-state index contributed by atoms with van der Waals surface area (Å²) < 4.78 is 13.3. The molecule has 3 nitrogen and oxygen atoms in total. The average Bonchev–Trinajstić information content (AvgIpc) is 2.89. The van der Waals surface area contributed by atoms with Crippen LogP contribution in [0.15, 0.2) is 18.2 Å². The van der Waals surface area contributed by atoms with Gasteiger partial charge in [0.1, 0.15) is 5.82 Å². The summed E-state index contributed by atoms with van der Waals surface area (Å²) in [5.41, 5.74) is 6.68. The fourth-order valence-electron chi connectivity index (χ4n) is 1.48. The fraction of sp³-hybridized carbons (Fsp3) is 0.364. The molecule has 1 fully saturated rings. The average molecular weight is 208 g/mol. The van der Waals surface area contributed by atoms with Crippen molar-refractivity contribution in [2.75, 3.05) is 5.32 Å². The van der Waals surface area contributed by atoms with E-state index < -0.39 is 5.82 Å². The van der Waals surface area contributed by atoms with E-state index in [9.17, 15) is 9.18 Å². The molecule has 3 N–H and O–H groups in total. The Kier molecular flexibility index (Phi) is 2.44. The number of benzene rings is 1. The number of nitrogens with one attached hydrogen (secondary N) is 1. The number of aryl methyl sites for hydroxylation is 1. The largest absolute Gasteiger partial charge is 0.327 e. The van der Waals surface area contributed by atoms with Gasteiger partial charge in [0.25, 0.3) is 0 Å². The van der Waals surface area contributed by atoms with Crippen LogP contribution in [0.1, 0.15) is 12.0 Å². The van der Waals surface area contributed by atoms with Gasteiger partial charge in [-0.3, -0.25) is 4.79 Å². The molecule has 2 unspecified atom stereocenters. The molecule has 0 aliphatic heterocycles. The fourth-order valence-corrected chi connectivity index (χ4v) is 1.48. The molecule has 80 valence electrons. The maximum Gasteiger partial charge on any atom is 0.229 e. The number of rotatable bonds is 2. The molecule has 2 rings (SSSR count). The quantitative estimate of drug-likeness (QED) is 0.772. The molecule has 1 amide bonds. The predicted octanol–water partition coefficient (Wildman–Crippen LogP) is 1.42. The third-order valence-corrected chi connectivity index (χ3v) is 2.56. The Morgan fingerprint density at radius 3 is 2.87 bits per heavy atom. The van der Waals surface area contributed by atoms with E-state index in [-0.39, 0.29) is 23.6 Å². The highest BCUT2D eigenvalue weighted by atomic mass is 19.1. The van der Waals surface area contributed by atoms with Crippen molar-refractivity contribution in [3.63, 3.8) is 0 Å². The minimum Gasteiger partial charge on any atom is -0.327 e. The van der Waals surface area contributed by atoms with Gasteiger partial charge in [0.05, 0.1) is 11.6 Å². The second-order valence-corrected chi connectivity index (χ2v) is 3.98. The van der Waals surface area contributed by atoms with Crippen molar-refractivity contribution in [2.45, 2.75) is 19.4 Å². The lowest BCUT2D eigenvalue weighted by atomic mass is 10.2. The van der Waals surface area contributed by atoms with E-state index in [4.69, 9.17) is 5.73 Å². The van der Waals surface area contributed by atoms with Gasteiger partial charge >= 0.3 is 0 Å². The van der Waals surface area contributed by atoms with Crippen LogP contribution in [0.5, 0.6) is 0 Å². The molecular weight excluding hydrogens is 195 g/mol. The Labute approximate surface area is 87.5 Å². The molecule has 0 saturated heterocycles. The lowest BCUT2D eigenvalue weighted by Gasteiger charge is -2.06. The summed E-state index contributed by atoms with van der Waals surface area (Å²) in [5.74, 6) is -0.750. The van der Waals surface area contributed by atoms with Crippen LogP contribution < -0.4 is 11.1 Å². The number of amides is 1. The van der Waals surface area contributed by atoms with Crippen LogP contribution in [0.3, 0.4) is 0 Å². The normalized spacial score (nSPS) is 23.7. The molecule has 1 aliphatic carbocycles. The maximum absolute atomic E-state index is 13.3. The molecular formula is C11H13FN2O. The molecule has 0 radical (unpaired) electrons. The second kappa shape index (κ2) is 3.62. The minimum atomic E-state index is -0.414. The number of anilines is 1. The summed E-state index contributed by atoms with van der Waals surface area (Å²) in [4.78, 5) is 11.5. The first-order chi connectivity index (χ1) is 7.08. The number of carbonyl (C=O) groups excluding carboxylic acids is 1. The van der Waals surface area contributed by atoms with Crippen molar-refractivity contribution >= 4 is 11.6 Å². The third kappa shape index (κ3) is 2.15. The molecule has 2 atom stereocenters. The van der Waals surface area contributed by atoms with Gasteiger partial charge in [-0.1, -0.05) is 6.07 Å². The van der Waals surface area contributed by atoms with Crippen molar-refractivity contribution < 1.29 is 9.18 Å². The molecule has 1 aromatic carbocycles. The van der Waals surface area contributed by atoms with Crippen molar-refractivity contribution in [1.82, 2.24) is 0 Å². The highest BCUT2D eigenvalue weighted by molar-refractivity contribution is 5.95. The van der Waals surface area contributed by atoms with Gasteiger partial charge in [0.2, 0.25) is 5.91 Å². The molecule has 0 aromatic heterocycles. The lowest BCUT2D eigenvalue weighted by molar-refractivity contribution is -0.117. The summed E-state index contributed by atoms with van der Waals surface area (Å²) in [6, 6.07) is 4.56. The van der Waals surface area contributed by atoms with Crippen molar-refractivity contribution in [2.24, 2.45) is 11.7 Å². The Hall–Kier alpha value is -1.42. The van der Waals surface area contributed by atoms with Gasteiger partial charge in [-0.25, -0.2) is 4.39 Å². The highest BCUT2D eigenvalue weighted by Gasteiger charge is 2.40. The number of carbonyl (C=O) groups is 1. The van der Waals surface area contributed by atoms with Gasteiger partial charge in [0, 0.05) is 6.04 Å². The van der Waals surface area contributed by atoms with Crippen LogP contribution in [0.4, 0.5) is 10.1 Å². The van der Waals surface area contributed by atoms with Gasteiger partial charge in [-0.2, -0.15) is 0 Å². The molecule has 15 heavy (non-hydrogen) atoms. The Balaban J connectivity index is 2.10. The van der Waals surface area contributed by atoms with Crippen molar-refractivity contribution in [3.8, 4) is 0 Å². The molecule has 1 aromatic rings. The highest BCUT2D eigenvalue weighted by Crippen LogP contribution is 2.29. The molecule has 1 aliphatic rings. The Bertz CT molecular complexity index is 406. The SMILES string of the molecule is Cc1ccc(F)c(NC(=O)C2CC2N)c1. The summed E-state index contributed by atoms with van der Waals surface area (Å²) in [6.07, 6.45) is 0.694. The predicted molar refractivity (Wildman–Crippen MR) is 55.8 cm³/mol. The second-order valence-electron chi connectivity index (χ2n) is 3.98. The zero-order valence-electron chi connectivity index (χ0n) is 8.46. The van der Waals surface area contributed by atoms with Crippen LogP contribution in [0, 0.1) is 18.7 Å². The van der Waals surface area contributed by atoms with Crippen molar-refractivity contribution in [1.29, 1.82) is 0 Å². The summed E-state index contributed by atoms with van der Waals surface area (Å²) >= 11 is 0. The van der Waals surface area contributed by atoms with E-state index in [1.54, 1.807) is 12.1 Å². The van der Waals surface area contributed by atoms with Gasteiger partial charge in [-0.15, -0.1) is 0 Å². The number of halogens is 1. The summed E-state index contributed by atoms with van der Waals surface area (Å²) in [7, 11) is 0. The Morgan fingerprint density at radius 1 is 1.60 bits per heavy atom. The monoisotopic (exact) mass is 208 g/mol. The van der Waals surface area contributed by atoms with E-state index >= 15 is 0 Å². The molecule has 0 spiro atoms. The van der Waals surface area contributed by atoms with Gasteiger partial charge < -0.3 is 11.1 Å². The van der Waals surface area contributed by atoms with Crippen LogP contribution in [-0.2, 0) is 4.79 Å². The van der Waals surface area contributed by atoms with Gasteiger partial charge in [0.15, 0.2) is 0 Å².